The normalized spacial score (nSPS) is 12.2. The van der Waals surface area contributed by atoms with Gasteiger partial charge in [-0.2, -0.15) is 0 Å². The van der Waals surface area contributed by atoms with Gasteiger partial charge in [0, 0.05) is 0 Å². The van der Waals surface area contributed by atoms with Gasteiger partial charge in [-0.15, -0.1) is 0 Å². The van der Waals surface area contributed by atoms with E-state index in [0.717, 1.165) is 16.7 Å². The van der Waals surface area contributed by atoms with Gasteiger partial charge >= 0.3 is 0 Å². The molecule has 0 bridgehead atoms. The van der Waals surface area contributed by atoms with Crippen molar-refractivity contribution < 1.29 is 14.2 Å². The van der Waals surface area contributed by atoms with Crippen LogP contribution in [0.15, 0.2) is 36.4 Å². The third kappa shape index (κ3) is 3.17. The first kappa shape index (κ1) is 14.5. The van der Waals surface area contributed by atoms with Crippen LogP contribution in [-0.4, -0.2) is 5.11 Å². The average molecular weight is 274 g/mol. The number of aliphatic hydroxyl groups is 1. The van der Waals surface area contributed by atoms with E-state index in [4.69, 9.17) is 4.74 Å². The molecule has 0 spiro atoms. The Morgan fingerprint density at radius 3 is 2.35 bits per heavy atom. The van der Waals surface area contributed by atoms with E-state index in [-0.39, 0.29) is 5.75 Å². The van der Waals surface area contributed by atoms with E-state index in [1.165, 1.54) is 6.07 Å². The van der Waals surface area contributed by atoms with Gasteiger partial charge in [-0.05, 0) is 55.2 Å². The highest BCUT2D eigenvalue weighted by Gasteiger charge is 2.09. The van der Waals surface area contributed by atoms with E-state index in [1.54, 1.807) is 19.1 Å². The smallest absolute Gasteiger partial charge is 0.165 e. The molecule has 106 valence electrons. The first-order chi connectivity index (χ1) is 9.49. The topological polar surface area (TPSA) is 29.5 Å². The summed E-state index contributed by atoms with van der Waals surface area (Å²) in [7, 11) is 0. The molecule has 3 heteroatoms. The number of ether oxygens (including phenoxy) is 1. The molecule has 1 atom stereocenters. The van der Waals surface area contributed by atoms with Crippen LogP contribution in [0.5, 0.6) is 5.75 Å². The zero-order chi connectivity index (χ0) is 14.7. The first-order valence-electron chi connectivity index (χ1n) is 6.64. The summed E-state index contributed by atoms with van der Waals surface area (Å²) in [5, 5.41) is 9.41. The lowest BCUT2D eigenvalue weighted by Crippen LogP contribution is -2.02. The van der Waals surface area contributed by atoms with E-state index in [2.05, 4.69) is 0 Å². The SMILES string of the molecule is Cc1cccc(C)c1COc1ccc(C(C)O)cc1F. The molecule has 0 saturated carbocycles. The Labute approximate surface area is 118 Å². The predicted molar refractivity (Wildman–Crippen MR) is 77.3 cm³/mol. The molecule has 20 heavy (non-hydrogen) atoms. The highest BCUT2D eigenvalue weighted by molar-refractivity contribution is 5.34. The van der Waals surface area contributed by atoms with Gasteiger partial charge in [-0.3, -0.25) is 0 Å². The number of halogens is 1. The summed E-state index contributed by atoms with van der Waals surface area (Å²) in [5.41, 5.74) is 3.88. The number of hydrogen-bond donors (Lipinski definition) is 1. The fraction of sp³-hybridized carbons (Fsp3) is 0.294. The minimum Gasteiger partial charge on any atom is -0.486 e. The van der Waals surface area contributed by atoms with Gasteiger partial charge in [0.25, 0.3) is 0 Å². The van der Waals surface area contributed by atoms with Crippen LogP contribution in [0.25, 0.3) is 0 Å². The molecular weight excluding hydrogens is 255 g/mol. The Morgan fingerprint density at radius 1 is 1.15 bits per heavy atom. The van der Waals surface area contributed by atoms with Gasteiger partial charge in [0.05, 0.1) is 6.10 Å². The molecule has 2 aromatic rings. The lowest BCUT2D eigenvalue weighted by atomic mass is 10.0. The number of hydrogen-bond acceptors (Lipinski definition) is 2. The third-order valence-electron chi connectivity index (χ3n) is 3.45. The molecule has 0 radical (unpaired) electrons. The van der Waals surface area contributed by atoms with Crippen LogP contribution in [0.3, 0.4) is 0 Å². The van der Waals surface area contributed by atoms with E-state index >= 15 is 0 Å². The lowest BCUT2D eigenvalue weighted by molar-refractivity contribution is 0.198. The van der Waals surface area contributed by atoms with Crippen molar-refractivity contribution in [2.75, 3.05) is 0 Å². The van der Waals surface area contributed by atoms with E-state index in [1.807, 2.05) is 32.0 Å². The fourth-order valence-corrected chi connectivity index (χ4v) is 2.12. The van der Waals surface area contributed by atoms with Crippen LogP contribution < -0.4 is 4.74 Å². The largest absolute Gasteiger partial charge is 0.486 e. The zero-order valence-electron chi connectivity index (χ0n) is 12.0. The molecule has 2 nitrogen and oxygen atoms in total. The van der Waals surface area contributed by atoms with Crippen molar-refractivity contribution in [1.82, 2.24) is 0 Å². The number of rotatable bonds is 4. The summed E-state index contributed by atoms with van der Waals surface area (Å²) in [6.45, 7) is 5.96. The number of aryl methyl sites for hydroxylation is 2. The summed E-state index contributed by atoms with van der Waals surface area (Å²) in [6.07, 6.45) is -0.683. The van der Waals surface area contributed by atoms with Crippen molar-refractivity contribution in [1.29, 1.82) is 0 Å². The van der Waals surface area contributed by atoms with Crippen molar-refractivity contribution in [3.05, 3.63) is 64.5 Å². The molecule has 0 aliphatic rings. The molecule has 0 saturated heterocycles. The average Bonchev–Trinajstić information content (AvgIpc) is 2.39. The second-order valence-corrected chi connectivity index (χ2v) is 5.02. The minimum absolute atomic E-state index is 0.206. The van der Waals surface area contributed by atoms with Gasteiger partial charge in [0.1, 0.15) is 6.61 Å². The Kier molecular flexibility index (Phi) is 4.40. The van der Waals surface area contributed by atoms with E-state index < -0.39 is 11.9 Å². The molecule has 0 aromatic heterocycles. The molecule has 1 N–H and O–H groups in total. The quantitative estimate of drug-likeness (QED) is 0.910. The fourth-order valence-electron chi connectivity index (χ4n) is 2.12. The Morgan fingerprint density at radius 2 is 1.80 bits per heavy atom. The number of benzene rings is 2. The molecular formula is C17H19FO2. The first-order valence-corrected chi connectivity index (χ1v) is 6.64. The molecule has 0 amide bonds. The minimum atomic E-state index is -0.683. The maximum atomic E-state index is 13.9. The van der Waals surface area contributed by atoms with Gasteiger partial charge in [-0.1, -0.05) is 24.3 Å². The third-order valence-corrected chi connectivity index (χ3v) is 3.45. The highest BCUT2D eigenvalue weighted by Crippen LogP contribution is 2.24. The molecule has 0 aliphatic heterocycles. The van der Waals surface area contributed by atoms with E-state index in [0.29, 0.717) is 12.2 Å². The Balaban J connectivity index is 2.15. The molecule has 1 unspecified atom stereocenters. The maximum absolute atomic E-state index is 13.9. The van der Waals surface area contributed by atoms with Crippen molar-refractivity contribution in [2.24, 2.45) is 0 Å². The van der Waals surface area contributed by atoms with Crippen LogP contribution in [0.1, 0.15) is 35.3 Å². The lowest BCUT2D eigenvalue weighted by Gasteiger charge is -2.13. The summed E-state index contributed by atoms with van der Waals surface area (Å²) < 4.78 is 19.4. The predicted octanol–water partition coefficient (Wildman–Crippen LogP) is 4.07. The van der Waals surface area contributed by atoms with E-state index in [9.17, 15) is 9.50 Å². The summed E-state index contributed by atoms with van der Waals surface area (Å²) in [4.78, 5) is 0. The van der Waals surface area contributed by atoms with Gasteiger partial charge in [0.15, 0.2) is 11.6 Å². The monoisotopic (exact) mass is 274 g/mol. The Bertz CT molecular complexity index is 586. The molecule has 2 aromatic carbocycles. The molecule has 0 aliphatic carbocycles. The Hall–Kier alpha value is -1.87. The van der Waals surface area contributed by atoms with Crippen molar-refractivity contribution in [3.8, 4) is 5.75 Å². The van der Waals surface area contributed by atoms with Crippen LogP contribution in [0.2, 0.25) is 0 Å². The maximum Gasteiger partial charge on any atom is 0.165 e. The summed E-state index contributed by atoms with van der Waals surface area (Å²) in [6, 6.07) is 10.6. The van der Waals surface area contributed by atoms with Crippen LogP contribution in [0.4, 0.5) is 4.39 Å². The van der Waals surface area contributed by atoms with Crippen LogP contribution in [-0.2, 0) is 6.61 Å². The zero-order valence-corrected chi connectivity index (χ0v) is 12.0. The van der Waals surface area contributed by atoms with Gasteiger partial charge in [0.2, 0.25) is 0 Å². The molecule has 2 rings (SSSR count). The standard InChI is InChI=1S/C17H19FO2/c1-11-5-4-6-12(2)15(11)10-20-17-8-7-14(13(3)19)9-16(17)18/h4-9,13,19H,10H2,1-3H3. The second-order valence-electron chi connectivity index (χ2n) is 5.02. The molecule has 0 fully saturated rings. The molecule has 0 heterocycles. The van der Waals surface area contributed by atoms with Gasteiger partial charge < -0.3 is 9.84 Å². The van der Waals surface area contributed by atoms with Gasteiger partial charge in [-0.25, -0.2) is 4.39 Å². The summed E-state index contributed by atoms with van der Waals surface area (Å²) in [5.74, 6) is -0.244. The van der Waals surface area contributed by atoms with Crippen molar-refractivity contribution in [3.63, 3.8) is 0 Å². The van der Waals surface area contributed by atoms with Crippen LogP contribution in [0, 0.1) is 19.7 Å². The highest BCUT2D eigenvalue weighted by atomic mass is 19.1. The van der Waals surface area contributed by atoms with Crippen LogP contribution >= 0.6 is 0 Å². The second kappa shape index (κ2) is 6.06. The van der Waals surface area contributed by atoms with Crippen molar-refractivity contribution >= 4 is 0 Å². The summed E-state index contributed by atoms with van der Waals surface area (Å²) >= 11 is 0. The van der Waals surface area contributed by atoms with Crippen molar-refractivity contribution in [2.45, 2.75) is 33.5 Å². The number of aliphatic hydroxyl groups excluding tert-OH is 1.